The van der Waals surface area contributed by atoms with Gasteiger partial charge in [-0.05, 0) is 23.8 Å². The van der Waals surface area contributed by atoms with Gasteiger partial charge in [0.25, 0.3) is 0 Å². The molecule has 3 aromatic rings. The van der Waals surface area contributed by atoms with Crippen LogP contribution < -0.4 is 0 Å². The van der Waals surface area contributed by atoms with Gasteiger partial charge >= 0.3 is 0 Å². The molecule has 2 aromatic carbocycles. The Morgan fingerprint density at radius 2 is 1.71 bits per heavy atom. The first-order valence-electron chi connectivity index (χ1n) is 5.48. The van der Waals surface area contributed by atoms with Crippen LogP contribution in [0.2, 0.25) is 0 Å². The third kappa shape index (κ3) is 1.62. The molecule has 83 valence electrons. The molecule has 0 N–H and O–H groups in total. The molecule has 1 nitrogen and oxygen atoms in total. The molecule has 0 saturated carbocycles. The van der Waals surface area contributed by atoms with E-state index in [1.54, 1.807) is 12.1 Å². The summed E-state index contributed by atoms with van der Waals surface area (Å²) in [6, 6.07) is 14.6. The number of hydrogen-bond donors (Lipinski definition) is 0. The minimum Gasteiger partial charge on any atom is -0.342 e. The number of para-hydroxylation sites is 1. The van der Waals surface area contributed by atoms with E-state index >= 15 is 0 Å². The predicted octanol–water partition coefficient (Wildman–Crippen LogP) is 3.78. The van der Waals surface area contributed by atoms with Crippen LogP contribution in [0.15, 0.2) is 48.5 Å². The van der Waals surface area contributed by atoms with Gasteiger partial charge in [-0.3, -0.25) is 0 Å². The summed E-state index contributed by atoms with van der Waals surface area (Å²) in [6.45, 7) is 0. The highest BCUT2D eigenvalue weighted by Gasteiger charge is 2.08. The molecule has 17 heavy (non-hydrogen) atoms. The van der Waals surface area contributed by atoms with E-state index in [1.165, 1.54) is 12.1 Å². The molecule has 0 unspecified atom stereocenters. The number of benzene rings is 2. The van der Waals surface area contributed by atoms with Crippen molar-refractivity contribution in [3.05, 3.63) is 60.5 Å². The van der Waals surface area contributed by atoms with Crippen LogP contribution in [-0.4, -0.2) is 4.57 Å². The summed E-state index contributed by atoms with van der Waals surface area (Å²) in [5, 5.41) is 1.14. The fourth-order valence-electron chi connectivity index (χ4n) is 2.10. The molecule has 2 heteroatoms. The fourth-order valence-corrected chi connectivity index (χ4v) is 2.10. The quantitative estimate of drug-likeness (QED) is 0.592. The monoisotopic (exact) mass is 224 g/mol. The molecular weight excluding hydrogens is 213 g/mol. The number of halogens is 1. The van der Waals surface area contributed by atoms with Gasteiger partial charge in [0.05, 0.1) is 6.20 Å². The van der Waals surface area contributed by atoms with Crippen LogP contribution in [0.1, 0.15) is 0 Å². The second-order valence-electron chi connectivity index (χ2n) is 4.07. The number of rotatable bonds is 1. The molecule has 3 rings (SSSR count). The molecular formula is C15H11FN. The van der Waals surface area contributed by atoms with Gasteiger partial charge in [-0.2, -0.15) is 0 Å². The Balaban J connectivity index is 2.27. The van der Waals surface area contributed by atoms with Crippen LogP contribution in [0.25, 0.3) is 22.0 Å². The Kier molecular flexibility index (Phi) is 2.22. The Morgan fingerprint density at radius 1 is 1.00 bits per heavy atom. The SMILES string of the molecule is Cn1[c]c(-c2ccc(F)cc2)c2ccccc21. The van der Waals surface area contributed by atoms with Gasteiger partial charge in [0.1, 0.15) is 5.82 Å². The van der Waals surface area contributed by atoms with Crippen molar-refractivity contribution >= 4 is 10.9 Å². The van der Waals surface area contributed by atoms with Crippen LogP contribution in [-0.2, 0) is 7.05 Å². The summed E-state index contributed by atoms with van der Waals surface area (Å²) >= 11 is 0. The number of aryl methyl sites for hydroxylation is 1. The molecule has 0 saturated heterocycles. The van der Waals surface area contributed by atoms with Crippen LogP contribution in [0.5, 0.6) is 0 Å². The number of aromatic nitrogens is 1. The highest BCUT2D eigenvalue weighted by molar-refractivity contribution is 5.95. The summed E-state index contributed by atoms with van der Waals surface area (Å²) in [5.41, 5.74) is 3.14. The zero-order valence-corrected chi connectivity index (χ0v) is 9.44. The van der Waals surface area contributed by atoms with E-state index in [0.29, 0.717) is 0 Å². The van der Waals surface area contributed by atoms with Crippen molar-refractivity contribution in [2.75, 3.05) is 0 Å². The average Bonchev–Trinajstić information content (AvgIpc) is 2.69. The van der Waals surface area contributed by atoms with Gasteiger partial charge in [0.15, 0.2) is 0 Å². The highest BCUT2D eigenvalue weighted by atomic mass is 19.1. The van der Waals surface area contributed by atoms with E-state index < -0.39 is 0 Å². The summed E-state index contributed by atoms with van der Waals surface area (Å²) in [7, 11) is 1.97. The van der Waals surface area contributed by atoms with Crippen molar-refractivity contribution in [1.82, 2.24) is 4.57 Å². The Labute approximate surface area is 99.1 Å². The second kappa shape index (κ2) is 3.74. The topological polar surface area (TPSA) is 4.93 Å². The number of nitrogens with zero attached hydrogens (tertiary/aromatic N) is 1. The summed E-state index contributed by atoms with van der Waals surface area (Å²) in [4.78, 5) is 0. The molecule has 1 aromatic heterocycles. The second-order valence-corrected chi connectivity index (χ2v) is 4.07. The Bertz CT molecular complexity index is 665. The Hall–Kier alpha value is -2.09. The van der Waals surface area contributed by atoms with Crippen LogP contribution in [0.3, 0.4) is 0 Å². The predicted molar refractivity (Wildman–Crippen MR) is 67.1 cm³/mol. The normalized spacial score (nSPS) is 10.9. The highest BCUT2D eigenvalue weighted by Crippen LogP contribution is 2.29. The third-order valence-corrected chi connectivity index (χ3v) is 2.95. The van der Waals surface area contributed by atoms with E-state index in [9.17, 15) is 4.39 Å². The zero-order valence-electron chi connectivity index (χ0n) is 9.44. The molecule has 0 amide bonds. The molecule has 0 atom stereocenters. The fraction of sp³-hybridized carbons (Fsp3) is 0.0667. The maximum absolute atomic E-state index is 12.9. The van der Waals surface area contributed by atoms with Gasteiger partial charge < -0.3 is 4.57 Å². The van der Waals surface area contributed by atoms with Crippen LogP contribution in [0.4, 0.5) is 4.39 Å². The van der Waals surface area contributed by atoms with Crippen molar-refractivity contribution in [3.8, 4) is 11.1 Å². The van der Waals surface area contributed by atoms with Crippen molar-refractivity contribution in [1.29, 1.82) is 0 Å². The van der Waals surface area contributed by atoms with E-state index in [4.69, 9.17) is 0 Å². The van der Waals surface area contributed by atoms with Crippen molar-refractivity contribution < 1.29 is 4.39 Å². The molecule has 0 bridgehead atoms. The summed E-state index contributed by atoms with van der Waals surface area (Å²) < 4.78 is 14.9. The average molecular weight is 224 g/mol. The lowest BCUT2D eigenvalue weighted by molar-refractivity contribution is 0.628. The lowest BCUT2D eigenvalue weighted by Crippen LogP contribution is -1.82. The van der Waals surface area contributed by atoms with E-state index in [2.05, 4.69) is 18.3 Å². The van der Waals surface area contributed by atoms with Gasteiger partial charge in [-0.25, -0.2) is 4.39 Å². The van der Waals surface area contributed by atoms with E-state index in [1.807, 2.05) is 23.7 Å². The lowest BCUT2D eigenvalue weighted by Gasteiger charge is -1.98. The minimum atomic E-state index is -0.214. The molecule has 0 fully saturated rings. The Morgan fingerprint density at radius 3 is 2.47 bits per heavy atom. The van der Waals surface area contributed by atoms with Crippen molar-refractivity contribution in [3.63, 3.8) is 0 Å². The first-order chi connectivity index (χ1) is 8.25. The maximum Gasteiger partial charge on any atom is 0.123 e. The van der Waals surface area contributed by atoms with Crippen molar-refractivity contribution in [2.45, 2.75) is 0 Å². The third-order valence-electron chi connectivity index (χ3n) is 2.95. The summed E-state index contributed by atoms with van der Waals surface area (Å²) in [5.74, 6) is -0.214. The first kappa shape index (κ1) is 10.1. The molecule has 0 aliphatic rings. The summed E-state index contributed by atoms with van der Waals surface area (Å²) in [6.07, 6.45) is 3.28. The smallest absolute Gasteiger partial charge is 0.123 e. The molecule has 1 heterocycles. The maximum atomic E-state index is 12.9. The van der Waals surface area contributed by atoms with Crippen LogP contribution in [0, 0.1) is 12.0 Å². The minimum absolute atomic E-state index is 0.214. The number of hydrogen-bond acceptors (Lipinski definition) is 0. The molecule has 0 aliphatic carbocycles. The van der Waals surface area contributed by atoms with Gasteiger partial charge in [-0.1, -0.05) is 30.3 Å². The number of fused-ring (bicyclic) bond motifs is 1. The largest absolute Gasteiger partial charge is 0.342 e. The molecule has 0 aliphatic heterocycles. The molecule has 0 spiro atoms. The molecule has 1 radical (unpaired) electrons. The first-order valence-corrected chi connectivity index (χ1v) is 5.48. The van der Waals surface area contributed by atoms with Gasteiger partial charge in [0, 0.05) is 23.5 Å². The van der Waals surface area contributed by atoms with Crippen LogP contribution >= 0.6 is 0 Å². The van der Waals surface area contributed by atoms with Gasteiger partial charge in [-0.15, -0.1) is 0 Å². The standard InChI is InChI=1S/C15H11FN/c1-17-10-14(11-6-8-12(16)9-7-11)13-4-2-3-5-15(13)17/h2-9H,1H3. The lowest BCUT2D eigenvalue weighted by atomic mass is 10.1. The van der Waals surface area contributed by atoms with Crippen molar-refractivity contribution in [2.24, 2.45) is 7.05 Å². The van der Waals surface area contributed by atoms with E-state index in [-0.39, 0.29) is 5.82 Å². The zero-order chi connectivity index (χ0) is 11.8. The van der Waals surface area contributed by atoms with E-state index in [0.717, 1.165) is 22.0 Å². The van der Waals surface area contributed by atoms with Gasteiger partial charge in [0.2, 0.25) is 0 Å².